The third-order valence-corrected chi connectivity index (χ3v) is 10.0. The van der Waals surface area contributed by atoms with E-state index < -0.39 is 0 Å². The summed E-state index contributed by atoms with van der Waals surface area (Å²) in [6.07, 6.45) is 0. The molecule has 0 bridgehead atoms. The minimum Gasteiger partial charge on any atom is -0.455 e. The van der Waals surface area contributed by atoms with E-state index in [-0.39, 0.29) is 0 Å². The Morgan fingerprint density at radius 1 is 0.404 bits per heavy atom. The summed E-state index contributed by atoms with van der Waals surface area (Å²) < 4.78 is 9.19. The van der Waals surface area contributed by atoms with Crippen LogP contribution in [0.4, 0.5) is 0 Å². The molecule has 2 nitrogen and oxygen atoms in total. The van der Waals surface area contributed by atoms with E-state index >= 15 is 0 Å². The Labute approximate surface area is 271 Å². The Bertz CT molecular complexity index is 2840. The first-order valence-electron chi connectivity index (χ1n) is 16.2. The highest BCUT2D eigenvalue weighted by atomic mass is 16.3. The number of hydrogen-bond acceptors (Lipinski definition) is 1. The highest BCUT2D eigenvalue weighted by Gasteiger charge is 2.24. The summed E-state index contributed by atoms with van der Waals surface area (Å²) in [5.41, 5.74) is 11.4. The molecule has 47 heavy (non-hydrogen) atoms. The third-order valence-electron chi connectivity index (χ3n) is 10.0. The molecule has 0 unspecified atom stereocenters. The van der Waals surface area contributed by atoms with Crippen LogP contribution in [0.25, 0.3) is 98.7 Å². The summed E-state index contributed by atoms with van der Waals surface area (Å²) in [6, 6.07) is 56.9. The molecule has 8 aromatic carbocycles. The number of benzene rings is 8. The monoisotopic (exact) mass is 599 g/mol. The second kappa shape index (κ2) is 9.94. The topological polar surface area (TPSA) is 18.1 Å². The molecule has 2 heteroatoms. The lowest BCUT2D eigenvalue weighted by Crippen LogP contribution is -1.91. The van der Waals surface area contributed by atoms with Crippen molar-refractivity contribution in [2.45, 2.75) is 0 Å². The van der Waals surface area contributed by atoms with E-state index in [1.165, 1.54) is 65.6 Å². The lowest BCUT2D eigenvalue weighted by molar-refractivity contribution is 0.670. The van der Waals surface area contributed by atoms with Gasteiger partial charge in [0.1, 0.15) is 11.2 Å². The number of fused-ring (bicyclic) bond motifs is 8. The molecule has 220 valence electrons. The molecular weight excluding hydrogens is 571 g/mol. The highest BCUT2D eigenvalue weighted by molar-refractivity contribution is 6.30. The number of aromatic nitrogens is 1. The van der Waals surface area contributed by atoms with Crippen molar-refractivity contribution in [1.29, 1.82) is 0 Å². The van der Waals surface area contributed by atoms with Crippen molar-refractivity contribution < 1.29 is 4.42 Å². The van der Waals surface area contributed by atoms with Crippen LogP contribution in [0.1, 0.15) is 0 Å². The van der Waals surface area contributed by atoms with Gasteiger partial charge in [-0.2, -0.15) is 0 Å². The van der Waals surface area contributed by atoms with Crippen LogP contribution in [0.5, 0.6) is 0 Å². The van der Waals surface area contributed by atoms with Crippen molar-refractivity contribution >= 4 is 65.3 Å². The summed E-state index contributed by atoms with van der Waals surface area (Å²) in [5, 5.41) is 9.75. The first kappa shape index (κ1) is 26.1. The molecule has 0 atom stereocenters. The van der Waals surface area contributed by atoms with E-state index in [4.69, 9.17) is 4.42 Å². The maximum Gasteiger partial charge on any atom is 0.144 e. The molecule has 0 N–H and O–H groups in total. The van der Waals surface area contributed by atoms with Gasteiger partial charge in [0.15, 0.2) is 0 Å². The predicted octanol–water partition coefficient (Wildman–Crippen LogP) is 12.5. The van der Waals surface area contributed by atoms with Crippen LogP contribution < -0.4 is 0 Å². The van der Waals surface area contributed by atoms with Gasteiger partial charge in [-0.1, -0.05) is 140 Å². The largest absolute Gasteiger partial charge is 0.455 e. The van der Waals surface area contributed by atoms with Crippen LogP contribution in [0.15, 0.2) is 162 Å². The maximum atomic E-state index is 6.88. The standard InChI is InChI=1S/C45H29NO/c1-46-38-21-8-6-17-35(38)42-37(20-11-22-39(42)46)43-34-16-5-4-15-33(34)41(45-44(43)36-18-7-9-23-40(36)47-45)30-26-24-29(25-27-30)32-19-10-13-28-12-2-3-14-31(28)32/h2-27H,1H3. The number of nitrogens with zero attached hydrogens (tertiary/aromatic N) is 1. The second-order valence-electron chi connectivity index (χ2n) is 12.5. The minimum absolute atomic E-state index is 0.901. The predicted molar refractivity (Wildman–Crippen MR) is 199 cm³/mol. The second-order valence-corrected chi connectivity index (χ2v) is 12.5. The maximum absolute atomic E-state index is 6.88. The Hall–Kier alpha value is -6.12. The molecule has 0 aliphatic heterocycles. The number of aryl methyl sites for hydroxylation is 1. The minimum atomic E-state index is 0.901. The van der Waals surface area contributed by atoms with Crippen molar-refractivity contribution in [3.63, 3.8) is 0 Å². The van der Waals surface area contributed by atoms with Gasteiger partial charge in [0.2, 0.25) is 0 Å². The summed E-state index contributed by atoms with van der Waals surface area (Å²) in [7, 11) is 2.17. The molecule has 2 aromatic heterocycles. The van der Waals surface area contributed by atoms with Crippen molar-refractivity contribution in [2.24, 2.45) is 7.05 Å². The van der Waals surface area contributed by atoms with Gasteiger partial charge in [-0.3, -0.25) is 0 Å². The lowest BCUT2D eigenvalue weighted by Gasteiger charge is -2.16. The van der Waals surface area contributed by atoms with Crippen LogP contribution >= 0.6 is 0 Å². The fourth-order valence-electron chi connectivity index (χ4n) is 7.92. The zero-order chi connectivity index (χ0) is 31.1. The molecule has 0 aliphatic rings. The first-order valence-corrected chi connectivity index (χ1v) is 16.2. The number of para-hydroxylation sites is 2. The van der Waals surface area contributed by atoms with Crippen molar-refractivity contribution in [1.82, 2.24) is 4.57 Å². The Morgan fingerprint density at radius 2 is 0.979 bits per heavy atom. The normalized spacial score (nSPS) is 11.9. The fourth-order valence-corrected chi connectivity index (χ4v) is 7.92. The number of rotatable bonds is 3. The SMILES string of the molecule is Cn1c2ccccc2c2c(-c3c4ccccc4c(-c4ccc(-c5cccc6ccccc56)cc4)c4oc5ccccc5c34)cccc21. The van der Waals surface area contributed by atoms with Gasteiger partial charge >= 0.3 is 0 Å². The van der Waals surface area contributed by atoms with Gasteiger partial charge in [-0.25, -0.2) is 0 Å². The summed E-state index contributed by atoms with van der Waals surface area (Å²) in [6.45, 7) is 0. The molecule has 2 heterocycles. The summed E-state index contributed by atoms with van der Waals surface area (Å²) in [4.78, 5) is 0. The quantitative estimate of drug-likeness (QED) is 0.198. The van der Waals surface area contributed by atoms with Crippen molar-refractivity contribution in [3.8, 4) is 33.4 Å². The number of hydrogen-bond donors (Lipinski definition) is 0. The first-order chi connectivity index (χ1) is 23.3. The average molecular weight is 600 g/mol. The molecule has 0 fully saturated rings. The zero-order valence-electron chi connectivity index (χ0n) is 25.9. The highest BCUT2D eigenvalue weighted by Crippen LogP contribution is 2.50. The molecule has 0 spiro atoms. The summed E-state index contributed by atoms with van der Waals surface area (Å²) >= 11 is 0. The molecule has 10 rings (SSSR count). The molecule has 0 amide bonds. The Balaban J connectivity index is 1.30. The van der Waals surface area contributed by atoms with Crippen molar-refractivity contribution in [2.75, 3.05) is 0 Å². The Kier molecular flexibility index (Phi) is 5.53. The van der Waals surface area contributed by atoms with Crippen LogP contribution in [0.3, 0.4) is 0 Å². The summed E-state index contributed by atoms with van der Waals surface area (Å²) in [5.74, 6) is 0. The molecule has 0 saturated heterocycles. The van der Waals surface area contributed by atoms with Crippen LogP contribution in [0.2, 0.25) is 0 Å². The van der Waals surface area contributed by atoms with Gasteiger partial charge in [0.25, 0.3) is 0 Å². The number of furan rings is 1. The van der Waals surface area contributed by atoms with E-state index in [9.17, 15) is 0 Å². The van der Waals surface area contributed by atoms with Crippen LogP contribution in [0, 0.1) is 0 Å². The zero-order valence-corrected chi connectivity index (χ0v) is 25.9. The third kappa shape index (κ3) is 3.73. The van der Waals surface area contributed by atoms with Crippen LogP contribution in [-0.2, 0) is 7.05 Å². The Morgan fingerprint density at radius 3 is 1.81 bits per heavy atom. The molecule has 0 radical (unpaired) electrons. The van der Waals surface area contributed by atoms with Crippen molar-refractivity contribution in [3.05, 3.63) is 158 Å². The van der Waals surface area contributed by atoms with Gasteiger partial charge < -0.3 is 8.98 Å². The molecule has 0 aliphatic carbocycles. The molecular formula is C45H29NO. The van der Waals surface area contributed by atoms with Crippen LogP contribution in [-0.4, -0.2) is 4.57 Å². The molecule has 0 saturated carbocycles. The fraction of sp³-hybridized carbons (Fsp3) is 0.0222. The van der Waals surface area contributed by atoms with E-state index in [0.29, 0.717) is 0 Å². The van der Waals surface area contributed by atoms with E-state index in [0.717, 1.165) is 33.1 Å². The molecule has 10 aromatic rings. The van der Waals surface area contributed by atoms with E-state index in [1.54, 1.807) is 0 Å². The average Bonchev–Trinajstić information content (AvgIpc) is 3.66. The van der Waals surface area contributed by atoms with Gasteiger partial charge in [0, 0.05) is 50.8 Å². The van der Waals surface area contributed by atoms with Gasteiger partial charge in [0.05, 0.1) is 0 Å². The van der Waals surface area contributed by atoms with Gasteiger partial charge in [-0.05, 0) is 62.0 Å². The van der Waals surface area contributed by atoms with E-state index in [1.807, 2.05) is 0 Å². The van der Waals surface area contributed by atoms with Gasteiger partial charge in [-0.15, -0.1) is 0 Å². The van der Waals surface area contributed by atoms with E-state index in [2.05, 4.69) is 169 Å². The lowest BCUT2D eigenvalue weighted by atomic mass is 9.86. The smallest absolute Gasteiger partial charge is 0.144 e.